The molecule has 1 saturated heterocycles. The number of aliphatic hydroxyl groups excluding tert-OH is 1. The summed E-state index contributed by atoms with van der Waals surface area (Å²) in [5.74, 6) is 2.37. The molecule has 2 N–H and O–H groups in total. The average Bonchev–Trinajstić information content (AvgIpc) is 3.45. The van der Waals surface area contributed by atoms with E-state index >= 15 is 4.39 Å². The minimum absolute atomic E-state index is 0.104. The first-order chi connectivity index (χ1) is 19.4. The quantitative estimate of drug-likeness (QED) is 0.192. The number of esters is 1. The number of carbonyl (C=O) groups is 1. The highest BCUT2D eigenvalue weighted by Crippen LogP contribution is 2.48. The van der Waals surface area contributed by atoms with Gasteiger partial charge in [0, 0.05) is 14.1 Å². The average molecular weight is 591 g/mol. The number of ether oxygens (including phenoxy) is 2. The van der Waals surface area contributed by atoms with Gasteiger partial charge in [-0.1, -0.05) is 24.1 Å². The van der Waals surface area contributed by atoms with Crippen molar-refractivity contribution in [1.29, 1.82) is 0 Å². The summed E-state index contributed by atoms with van der Waals surface area (Å²) in [7, 11) is -0.759. The van der Waals surface area contributed by atoms with Crippen LogP contribution >= 0.6 is 7.75 Å². The lowest BCUT2D eigenvalue weighted by Gasteiger charge is -2.25. The molecule has 1 aromatic carbocycles. The van der Waals surface area contributed by atoms with Crippen LogP contribution in [0.3, 0.4) is 0 Å². The smallest absolute Gasteiger partial charge is 0.459 e. The van der Waals surface area contributed by atoms with E-state index in [9.17, 15) is 14.5 Å². The molecule has 0 bridgehead atoms. The van der Waals surface area contributed by atoms with E-state index in [2.05, 4.69) is 20.0 Å². The van der Waals surface area contributed by atoms with Crippen LogP contribution in [0, 0.1) is 19.3 Å². The van der Waals surface area contributed by atoms with Crippen molar-refractivity contribution < 1.29 is 37.4 Å². The van der Waals surface area contributed by atoms with Crippen LogP contribution in [0.15, 0.2) is 36.7 Å². The largest absolute Gasteiger partial charge is 0.465 e. The summed E-state index contributed by atoms with van der Waals surface area (Å²) in [6.45, 7) is 4.20. The molecular formula is C26H32FN6O7P. The minimum atomic E-state index is -4.31. The Kier molecular flexibility index (Phi) is 8.96. The van der Waals surface area contributed by atoms with Crippen LogP contribution in [0.5, 0.6) is 5.75 Å². The lowest BCUT2D eigenvalue weighted by molar-refractivity contribution is -0.144. The number of aliphatic hydroxyl groups is 1. The van der Waals surface area contributed by atoms with Crippen LogP contribution in [0.2, 0.25) is 0 Å². The molecule has 0 amide bonds. The Balaban J connectivity index is 1.61. The third-order valence-electron chi connectivity index (χ3n) is 6.23. The highest BCUT2D eigenvalue weighted by atomic mass is 31.2. The van der Waals surface area contributed by atoms with Gasteiger partial charge < -0.3 is 24.0 Å². The predicted octanol–water partition coefficient (Wildman–Crippen LogP) is 2.55. The molecule has 15 heteroatoms. The first-order valence-corrected chi connectivity index (χ1v) is 14.3. The Labute approximate surface area is 236 Å². The molecule has 6 atom stereocenters. The first kappa shape index (κ1) is 30.4. The van der Waals surface area contributed by atoms with E-state index in [4.69, 9.17) is 24.9 Å². The fraction of sp³-hybridized carbons (Fsp3) is 0.462. The minimum Gasteiger partial charge on any atom is -0.465 e. The van der Waals surface area contributed by atoms with Crippen LogP contribution in [-0.2, 0) is 23.4 Å². The third kappa shape index (κ3) is 6.19. The SMILES string of the molecule is C#C[C@@]1(F)[C@H](O)[C@@H](CO[P@](=O)(N[C@@H](C)C(=O)OCC)Oc2ccccc2)O[C@H]1n1cnc2c(N(C)C)nc(C)nc21. The lowest BCUT2D eigenvalue weighted by atomic mass is 9.97. The molecule has 1 aliphatic rings. The molecule has 0 radical (unpaired) electrons. The zero-order valence-corrected chi connectivity index (χ0v) is 24.1. The number of carbonyl (C=O) groups excluding carboxylic acids is 1. The monoisotopic (exact) mass is 590 g/mol. The molecule has 2 aromatic heterocycles. The maximum Gasteiger partial charge on any atom is 0.459 e. The molecule has 1 fully saturated rings. The second-order valence-corrected chi connectivity index (χ2v) is 11.2. The number of para-hydroxylation sites is 1. The van der Waals surface area contributed by atoms with Crippen molar-refractivity contribution >= 4 is 30.7 Å². The van der Waals surface area contributed by atoms with E-state index in [1.807, 2.05) is 5.92 Å². The van der Waals surface area contributed by atoms with Crippen LogP contribution in [0.4, 0.5) is 10.2 Å². The van der Waals surface area contributed by atoms with Crippen molar-refractivity contribution in [1.82, 2.24) is 24.6 Å². The molecule has 3 aromatic rings. The highest BCUT2D eigenvalue weighted by Gasteiger charge is 2.58. The van der Waals surface area contributed by atoms with Gasteiger partial charge >= 0.3 is 13.7 Å². The van der Waals surface area contributed by atoms with Crippen LogP contribution in [0.1, 0.15) is 25.9 Å². The molecule has 0 aliphatic carbocycles. The van der Waals surface area contributed by atoms with Gasteiger partial charge in [-0.15, -0.1) is 6.42 Å². The van der Waals surface area contributed by atoms with Crippen LogP contribution in [0.25, 0.3) is 11.2 Å². The maximum absolute atomic E-state index is 16.2. The van der Waals surface area contributed by atoms with Crippen LogP contribution in [-0.4, -0.2) is 81.8 Å². The molecule has 0 spiro atoms. The van der Waals surface area contributed by atoms with Gasteiger partial charge in [0.1, 0.15) is 29.8 Å². The summed E-state index contributed by atoms with van der Waals surface area (Å²) in [6, 6.07) is 6.99. The van der Waals surface area contributed by atoms with E-state index in [0.717, 1.165) is 0 Å². The predicted molar refractivity (Wildman–Crippen MR) is 147 cm³/mol. The maximum atomic E-state index is 16.2. The normalized spacial score (nSPS) is 24.4. The molecule has 0 unspecified atom stereocenters. The molecule has 1 aliphatic heterocycles. The molecule has 41 heavy (non-hydrogen) atoms. The molecule has 13 nitrogen and oxygen atoms in total. The fourth-order valence-electron chi connectivity index (χ4n) is 4.24. The number of nitrogens with one attached hydrogen (secondary N) is 1. The van der Waals surface area contributed by atoms with E-state index in [1.165, 1.54) is 30.0 Å². The Morgan fingerprint density at radius 2 is 2.07 bits per heavy atom. The van der Waals surface area contributed by atoms with Crippen molar-refractivity contribution in [2.45, 2.75) is 50.9 Å². The number of imidazole rings is 1. The summed E-state index contributed by atoms with van der Waals surface area (Å²) in [6.07, 6.45) is 1.98. The number of fused-ring (bicyclic) bond motifs is 1. The summed E-state index contributed by atoms with van der Waals surface area (Å²) >= 11 is 0. The topological polar surface area (TPSA) is 150 Å². The zero-order chi connectivity index (χ0) is 29.9. The van der Waals surface area contributed by atoms with E-state index in [1.54, 1.807) is 51.0 Å². The van der Waals surface area contributed by atoms with Gasteiger partial charge in [-0.05, 0) is 32.9 Å². The van der Waals surface area contributed by atoms with Crippen molar-refractivity contribution in [3.63, 3.8) is 0 Å². The lowest BCUT2D eigenvalue weighted by Crippen LogP contribution is -2.42. The second-order valence-electron chi connectivity index (χ2n) is 9.50. The van der Waals surface area contributed by atoms with E-state index in [0.29, 0.717) is 17.2 Å². The number of hydrogen-bond acceptors (Lipinski definition) is 11. The Morgan fingerprint density at radius 1 is 1.37 bits per heavy atom. The number of aryl methyl sites for hydroxylation is 1. The number of benzene rings is 1. The number of nitrogens with zero attached hydrogens (tertiary/aromatic N) is 5. The number of halogens is 1. The highest BCUT2D eigenvalue weighted by molar-refractivity contribution is 7.52. The number of terminal acetylenes is 1. The molecular weight excluding hydrogens is 558 g/mol. The van der Waals surface area contributed by atoms with Crippen LogP contribution < -0.4 is 14.5 Å². The standard InChI is InChI=1S/C26H32FN6O7P/c1-7-26(27)21(34)19(39-25(26)33-15-28-20-22(32(5)6)29-17(4)30-23(20)33)14-38-41(36,31-16(3)24(35)37-8-2)40-18-12-10-9-11-13-18/h1,9-13,15-16,19,21,25,34H,8,14H2,2-6H3,(H,31,36)/t16-,19+,21+,25+,26+,41+/m0/s1. The summed E-state index contributed by atoms with van der Waals surface area (Å²) in [5, 5.41) is 13.5. The van der Waals surface area contributed by atoms with Gasteiger partial charge in [0.25, 0.3) is 0 Å². The van der Waals surface area contributed by atoms with Gasteiger partial charge in [0.05, 0.1) is 19.5 Å². The van der Waals surface area contributed by atoms with Crippen molar-refractivity contribution in [2.24, 2.45) is 0 Å². The fourth-order valence-corrected chi connectivity index (χ4v) is 5.74. The number of hydrogen-bond donors (Lipinski definition) is 2. The van der Waals surface area contributed by atoms with Gasteiger partial charge in [-0.3, -0.25) is 13.9 Å². The van der Waals surface area contributed by atoms with Crippen molar-refractivity contribution in [2.75, 3.05) is 32.2 Å². The molecule has 0 saturated carbocycles. The zero-order valence-electron chi connectivity index (χ0n) is 23.2. The van der Waals surface area contributed by atoms with Gasteiger partial charge in [-0.2, -0.15) is 5.09 Å². The molecule has 3 heterocycles. The van der Waals surface area contributed by atoms with E-state index < -0.39 is 50.5 Å². The number of aromatic nitrogens is 4. The van der Waals surface area contributed by atoms with Gasteiger partial charge in [0.15, 0.2) is 23.2 Å². The summed E-state index contributed by atoms with van der Waals surface area (Å²) in [4.78, 5) is 27.0. The number of rotatable bonds is 11. The van der Waals surface area contributed by atoms with Crippen molar-refractivity contribution in [3.05, 3.63) is 42.5 Å². The number of alkyl halides is 1. The molecule has 4 rings (SSSR count). The third-order valence-corrected chi connectivity index (χ3v) is 7.87. The van der Waals surface area contributed by atoms with Gasteiger partial charge in [0.2, 0.25) is 5.67 Å². The molecule has 220 valence electrons. The Bertz CT molecular complexity index is 1480. The Hall–Kier alpha value is -3.60. The van der Waals surface area contributed by atoms with E-state index in [-0.39, 0.29) is 18.0 Å². The summed E-state index contributed by atoms with van der Waals surface area (Å²) in [5.41, 5.74) is -2.13. The first-order valence-electron chi connectivity index (χ1n) is 12.7. The second kappa shape index (κ2) is 12.1. The van der Waals surface area contributed by atoms with Crippen molar-refractivity contribution in [3.8, 4) is 18.1 Å². The number of anilines is 1. The summed E-state index contributed by atoms with van der Waals surface area (Å²) < 4.78 is 53.3. The van der Waals surface area contributed by atoms with Gasteiger partial charge in [-0.25, -0.2) is 23.9 Å². The Morgan fingerprint density at radius 3 is 2.71 bits per heavy atom.